The first-order valence-electron chi connectivity index (χ1n) is 10.2. The molecule has 2 aromatic heterocycles. The maximum atomic E-state index is 12.7. The van der Waals surface area contributed by atoms with E-state index in [-0.39, 0.29) is 24.8 Å². The number of benzene rings is 2. The van der Waals surface area contributed by atoms with Crippen molar-refractivity contribution in [3.05, 3.63) is 113 Å². The van der Waals surface area contributed by atoms with E-state index in [0.29, 0.717) is 11.3 Å². The summed E-state index contributed by atoms with van der Waals surface area (Å²) in [7, 11) is 0. The summed E-state index contributed by atoms with van der Waals surface area (Å²) >= 11 is 0. The van der Waals surface area contributed by atoms with Gasteiger partial charge in [-0.1, -0.05) is 66.6 Å². The first-order chi connectivity index (χ1) is 16.5. The molecule has 0 aliphatic carbocycles. The molecule has 0 aliphatic heterocycles. The molecule has 0 radical (unpaired) electrons. The molecule has 0 fully saturated rings. The summed E-state index contributed by atoms with van der Waals surface area (Å²) in [5, 5.41) is 8.15. The van der Waals surface area contributed by atoms with Gasteiger partial charge in [-0.3, -0.25) is 4.98 Å². The molecule has 4 aromatic rings. The van der Waals surface area contributed by atoms with Crippen molar-refractivity contribution >= 4 is 0 Å². The number of pyridine rings is 1. The second-order valence-corrected chi connectivity index (χ2v) is 7.13. The van der Waals surface area contributed by atoms with E-state index < -0.39 is 11.9 Å². The molecule has 0 saturated carbocycles. The molecule has 0 saturated heterocycles. The fraction of sp³-hybridized carbons (Fsp3) is 0.115. The van der Waals surface area contributed by atoms with Crippen molar-refractivity contribution in [3.63, 3.8) is 0 Å². The quantitative estimate of drug-likeness (QED) is 0.358. The molecule has 8 heteroatoms. The van der Waals surface area contributed by atoms with E-state index in [2.05, 4.69) is 27.0 Å². The molecule has 0 aliphatic rings. The maximum absolute atomic E-state index is 12.7. The Balaban J connectivity index is 1.54. The second-order valence-electron chi connectivity index (χ2n) is 7.13. The number of rotatable bonds is 6. The van der Waals surface area contributed by atoms with Gasteiger partial charge in [0.2, 0.25) is 0 Å². The van der Waals surface area contributed by atoms with Crippen LogP contribution in [-0.2, 0) is 19.4 Å². The zero-order valence-corrected chi connectivity index (χ0v) is 17.8. The van der Waals surface area contributed by atoms with Crippen molar-refractivity contribution in [3.8, 4) is 23.5 Å². The standard InChI is InChI=1S/C26H18F3N3O2/c27-26(28,29)24-14-12-19(16-30-24)11-13-22-15-23(33-17-20-7-3-1-4-8-20)25(32-31-22)34-18-21-9-5-2-6-10-21/h1-10,12,14-16H,17-18H2. The van der Waals surface area contributed by atoms with E-state index in [1.54, 1.807) is 6.07 Å². The Hall–Kier alpha value is -4.38. The fourth-order valence-electron chi connectivity index (χ4n) is 2.86. The Kier molecular flexibility index (Phi) is 7.04. The van der Waals surface area contributed by atoms with Crippen LogP contribution in [0.2, 0.25) is 0 Å². The average molecular weight is 461 g/mol. The van der Waals surface area contributed by atoms with Crippen LogP contribution in [0.3, 0.4) is 0 Å². The highest BCUT2D eigenvalue weighted by Gasteiger charge is 2.31. The number of halogens is 3. The summed E-state index contributed by atoms with van der Waals surface area (Å²) in [6.07, 6.45) is -3.44. The summed E-state index contributed by atoms with van der Waals surface area (Å²) in [5.41, 5.74) is 1.52. The van der Waals surface area contributed by atoms with Crippen LogP contribution in [0, 0.1) is 11.8 Å². The topological polar surface area (TPSA) is 57.1 Å². The van der Waals surface area contributed by atoms with Gasteiger partial charge in [-0.25, -0.2) is 0 Å². The van der Waals surface area contributed by atoms with E-state index in [1.807, 2.05) is 60.7 Å². The lowest BCUT2D eigenvalue weighted by Crippen LogP contribution is -2.07. The van der Waals surface area contributed by atoms with Crippen molar-refractivity contribution < 1.29 is 22.6 Å². The Morgan fingerprint density at radius 1 is 0.735 bits per heavy atom. The maximum Gasteiger partial charge on any atom is 0.433 e. The van der Waals surface area contributed by atoms with Gasteiger partial charge < -0.3 is 9.47 Å². The Labute approximate surface area is 194 Å². The zero-order valence-electron chi connectivity index (χ0n) is 17.8. The van der Waals surface area contributed by atoms with Gasteiger partial charge in [-0.2, -0.15) is 13.2 Å². The first kappa shape index (κ1) is 22.8. The molecular weight excluding hydrogens is 443 g/mol. The predicted molar refractivity (Wildman–Crippen MR) is 119 cm³/mol. The highest BCUT2D eigenvalue weighted by molar-refractivity contribution is 5.43. The normalized spacial score (nSPS) is 10.8. The van der Waals surface area contributed by atoms with Crippen LogP contribution >= 0.6 is 0 Å². The Morgan fingerprint density at radius 2 is 1.38 bits per heavy atom. The van der Waals surface area contributed by atoms with Gasteiger partial charge in [-0.05, 0) is 29.2 Å². The summed E-state index contributed by atoms with van der Waals surface area (Å²) < 4.78 is 49.8. The van der Waals surface area contributed by atoms with Crippen LogP contribution < -0.4 is 9.47 Å². The summed E-state index contributed by atoms with van der Waals surface area (Å²) in [5.74, 6) is 6.08. The number of hydrogen-bond donors (Lipinski definition) is 0. The number of hydrogen-bond acceptors (Lipinski definition) is 5. The minimum absolute atomic E-state index is 0.210. The molecule has 4 rings (SSSR count). The van der Waals surface area contributed by atoms with Gasteiger partial charge >= 0.3 is 6.18 Å². The average Bonchev–Trinajstić information content (AvgIpc) is 2.86. The van der Waals surface area contributed by atoms with E-state index in [9.17, 15) is 13.2 Å². The van der Waals surface area contributed by atoms with Gasteiger partial charge in [0, 0.05) is 17.8 Å². The van der Waals surface area contributed by atoms with E-state index >= 15 is 0 Å². The molecule has 5 nitrogen and oxygen atoms in total. The minimum atomic E-state index is -4.50. The molecular formula is C26H18F3N3O2. The van der Waals surface area contributed by atoms with E-state index in [4.69, 9.17) is 9.47 Å². The van der Waals surface area contributed by atoms with Gasteiger partial charge in [0.1, 0.15) is 24.6 Å². The highest BCUT2D eigenvalue weighted by Crippen LogP contribution is 2.28. The van der Waals surface area contributed by atoms with E-state index in [0.717, 1.165) is 23.4 Å². The van der Waals surface area contributed by atoms with Crippen LogP contribution in [0.1, 0.15) is 28.1 Å². The predicted octanol–water partition coefficient (Wildman–Crippen LogP) is 5.45. The minimum Gasteiger partial charge on any atom is -0.483 e. The third-order valence-electron chi connectivity index (χ3n) is 4.57. The molecule has 2 aromatic carbocycles. The van der Waals surface area contributed by atoms with Crippen molar-refractivity contribution in [1.29, 1.82) is 0 Å². The van der Waals surface area contributed by atoms with E-state index in [1.165, 1.54) is 6.07 Å². The Morgan fingerprint density at radius 3 is 1.97 bits per heavy atom. The third-order valence-corrected chi connectivity index (χ3v) is 4.57. The van der Waals surface area contributed by atoms with Crippen LogP contribution in [0.25, 0.3) is 0 Å². The molecule has 0 N–H and O–H groups in total. The third kappa shape index (κ3) is 6.33. The zero-order chi connectivity index (χ0) is 23.8. The molecule has 170 valence electrons. The van der Waals surface area contributed by atoms with Gasteiger partial charge in [0.15, 0.2) is 5.75 Å². The monoisotopic (exact) mass is 461 g/mol. The number of alkyl halides is 3. The summed E-state index contributed by atoms with van der Waals surface area (Å²) in [6, 6.07) is 22.9. The van der Waals surface area contributed by atoms with Gasteiger partial charge in [0.05, 0.1) is 0 Å². The first-order valence-corrected chi connectivity index (χ1v) is 10.2. The second kappa shape index (κ2) is 10.5. The Bertz CT molecular complexity index is 1280. The fourth-order valence-corrected chi connectivity index (χ4v) is 2.86. The van der Waals surface area contributed by atoms with Crippen LogP contribution in [-0.4, -0.2) is 15.2 Å². The lowest BCUT2D eigenvalue weighted by atomic mass is 10.2. The van der Waals surface area contributed by atoms with Gasteiger partial charge in [0.25, 0.3) is 5.88 Å². The van der Waals surface area contributed by atoms with Crippen molar-refractivity contribution in [1.82, 2.24) is 15.2 Å². The van der Waals surface area contributed by atoms with Crippen molar-refractivity contribution in [2.45, 2.75) is 19.4 Å². The van der Waals surface area contributed by atoms with Crippen LogP contribution in [0.4, 0.5) is 13.2 Å². The molecule has 0 spiro atoms. The number of ether oxygens (including phenoxy) is 2. The van der Waals surface area contributed by atoms with Crippen LogP contribution in [0.5, 0.6) is 11.6 Å². The molecule has 0 unspecified atom stereocenters. The molecule has 0 atom stereocenters. The highest BCUT2D eigenvalue weighted by atomic mass is 19.4. The lowest BCUT2D eigenvalue weighted by Gasteiger charge is -2.11. The molecule has 0 bridgehead atoms. The molecule has 0 amide bonds. The summed E-state index contributed by atoms with van der Waals surface area (Å²) in [6.45, 7) is 0.559. The largest absolute Gasteiger partial charge is 0.483 e. The SMILES string of the molecule is FC(F)(F)c1ccc(C#Cc2cc(OCc3ccccc3)c(OCc3ccccc3)nn2)cn1. The summed E-state index contributed by atoms with van der Waals surface area (Å²) in [4.78, 5) is 3.40. The molecule has 34 heavy (non-hydrogen) atoms. The molecule has 2 heterocycles. The van der Waals surface area contributed by atoms with Crippen LogP contribution in [0.15, 0.2) is 85.1 Å². The smallest absolute Gasteiger partial charge is 0.433 e. The van der Waals surface area contributed by atoms with Gasteiger partial charge in [-0.15, -0.1) is 10.2 Å². The number of aromatic nitrogens is 3. The number of nitrogens with zero attached hydrogens (tertiary/aromatic N) is 3. The van der Waals surface area contributed by atoms with Crippen molar-refractivity contribution in [2.24, 2.45) is 0 Å². The lowest BCUT2D eigenvalue weighted by molar-refractivity contribution is -0.141. The van der Waals surface area contributed by atoms with Crippen molar-refractivity contribution in [2.75, 3.05) is 0 Å².